The van der Waals surface area contributed by atoms with Gasteiger partial charge in [-0.1, -0.05) is 13.8 Å². The number of amides is 2. The Bertz CT molecular complexity index is 442. The molecule has 2 amide bonds. The van der Waals surface area contributed by atoms with Crippen molar-refractivity contribution < 1.29 is 14.3 Å². The van der Waals surface area contributed by atoms with Gasteiger partial charge in [-0.3, -0.25) is 0 Å². The van der Waals surface area contributed by atoms with E-state index in [1.165, 1.54) is 0 Å². The minimum atomic E-state index is -0.489. The van der Waals surface area contributed by atoms with Gasteiger partial charge in [0, 0.05) is 18.5 Å². The first-order valence-electron chi connectivity index (χ1n) is 7.35. The number of aryl methyl sites for hydroxylation is 1. The summed E-state index contributed by atoms with van der Waals surface area (Å²) in [5.74, 6) is 1.39. The topological polar surface area (TPSA) is 74.5 Å². The van der Waals surface area contributed by atoms with Crippen LogP contribution in [-0.2, 0) is 6.42 Å². The molecule has 3 N–H and O–H groups in total. The van der Waals surface area contributed by atoms with E-state index < -0.39 is 6.10 Å². The smallest absolute Gasteiger partial charge is 0.315 e. The highest BCUT2D eigenvalue weighted by Crippen LogP contribution is 2.30. The minimum absolute atomic E-state index is 0.0136. The van der Waals surface area contributed by atoms with Gasteiger partial charge < -0.3 is 20.2 Å². The lowest BCUT2D eigenvalue weighted by molar-refractivity contribution is 0.146. The van der Waals surface area contributed by atoms with Gasteiger partial charge in [-0.2, -0.15) is 0 Å². The Morgan fingerprint density at radius 1 is 1.55 bits per heavy atom. The third kappa shape index (κ3) is 4.00. The fourth-order valence-corrected chi connectivity index (χ4v) is 2.68. The number of hydrogen-bond donors (Lipinski definition) is 3. The molecule has 0 aliphatic heterocycles. The summed E-state index contributed by atoms with van der Waals surface area (Å²) in [7, 11) is 0. The van der Waals surface area contributed by atoms with Gasteiger partial charge in [0.25, 0.3) is 0 Å². The van der Waals surface area contributed by atoms with E-state index in [9.17, 15) is 9.90 Å². The Morgan fingerprint density at radius 3 is 3.10 bits per heavy atom. The fraction of sp³-hybridized carbons (Fsp3) is 0.667. The van der Waals surface area contributed by atoms with E-state index in [4.69, 9.17) is 4.42 Å². The van der Waals surface area contributed by atoms with Crippen molar-refractivity contribution in [1.82, 2.24) is 10.6 Å². The van der Waals surface area contributed by atoms with E-state index in [-0.39, 0.29) is 18.6 Å². The number of nitrogens with one attached hydrogen (secondary N) is 2. The molecule has 2 atom stereocenters. The minimum Gasteiger partial charge on any atom is -0.469 e. The highest BCUT2D eigenvalue weighted by molar-refractivity contribution is 5.74. The van der Waals surface area contributed by atoms with Crippen molar-refractivity contribution in [2.24, 2.45) is 5.92 Å². The maximum atomic E-state index is 11.9. The Balaban J connectivity index is 1.78. The van der Waals surface area contributed by atoms with Crippen LogP contribution in [0.3, 0.4) is 0 Å². The molecule has 0 bridgehead atoms. The fourth-order valence-electron chi connectivity index (χ4n) is 2.68. The second-order valence-corrected chi connectivity index (χ2v) is 5.88. The molecule has 0 aromatic carbocycles. The molecular weight excluding hydrogens is 256 g/mol. The average molecular weight is 280 g/mol. The number of rotatable bonds is 5. The van der Waals surface area contributed by atoms with E-state index in [0.717, 1.165) is 30.6 Å². The number of urea groups is 1. The number of aliphatic hydroxyl groups excluding tert-OH is 1. The van der Waals surface area contributed by atoms with Crippen LogP contribution in [0.5, 0.6) is 0 Å². The Labute approximate surface area is 119 Å². The first-order valence-corrected chi connectivity index (χ1v) is 7.35. The van der Waals surface area contributed by atoms with Crippen LogP contribution in [0, 0.1) is 5.92 Å². The van der Waals surface area contributed by atoms with Gasteiger partial charge in [0.15, 0.2) is 0 Å². The molecule has 0 saturated carbocycles. The third-order valence-corrected chi connectivity index (χ3v) is 3.60. The van der Waals surface area contributed by atoms with Crippen LogP contribution in [0.15, 0.2) is 16.7 Å². The van der Waals surface area contributed by atoms with Crippen LogP contribution in [0.25, 0.3) is 0 Å². The van der Waals surface area contributed by atoms with Crippen LogP contribution in [0.1, 0.15) is 50.5 Å². The summed E-state index contributed by atoms with van der Waals surface area (Å²) in [6.07, 6.45) is 4.76. The van der Waals surface area contributed by atoms with Crippen molar-refractivity contribution in [3.8, 4) is 0 Å². The SMILES string of the molecule is CC(C)CC(O)CNC(=O)NC1CCCc2occc21. The Hall–Kier alpha value is -1.49. The summed E-state index contributed by atoms with van der Waals surface area (Å²) >= 11 is 0. The van der Waals surface area contributed by atoms with Gasteiger partial charge in [0.2, 0.25) is 0 Å². The molecule has 1 aliphatic rings. The maximum absolute atomic E-state index is 11.9. The van der Waals surface area contributed by atoms with Gasteiger partial charge in [-0.15, -0.1) is 0 Å². The molecule has 112 valence electrons. The molecule has 5 nitrogen and oxygen atoms in total. The number of aliphatic hydroxyl groups is 1. The first kappa shape index (κ1) is 14.9. The molecule has 5 heteroatoms. The number of carbonyl (C=O) groups is 1. The van der Waals surface area contributed by atoms with Gasteiger partial charge in [-0.25, -0.2) is 4.79 Å². The third-order valence-electron chi connectivity index (χ3n) is 3.60. The number of fused-ring (bicyclic) bond motifs is 1. The first-order chi connectivity index (χ1) is 9.56. The Kier molecular flexibility index (Phi) is 5.06. The summed E-state index contributed by atoms with van der Waals surface area (Å²) in [5.41, 5.74) is 1.08. The number of hydrogen-bond acceptors (Lipinski definition) is 3. The van der Waals surface area contributed by atoms with E-state index in [0.29, 0.717) is 12.3 Å². The van der Waals surface area contributed by atoms with Crippen molar-refractivity contribution in [3.63, 3.8) is 0 Å². The summed E-state index contributed by atoms with van der Waals surface area (Å²) in [6.45, 7) is 4.38. The molecule has 0 fully saturated rings. The van der Waals surface area contributed by atoms with Gasteiger partial charge in [0.05, 0.1) is 18.4 Å². The van der Waals surface area contributed by atoms with Crippen molar-refractivity contribution in [2.45, 2.75) is 51.7 Å². The summed E-state index contributed by atoms with van der Waals surface area (Å²) < 4.78 is 5.40. The predicted octanol–water partition coefficient (Wildman–Crippen LogP) is 2.36. The van der Waals surface area contributed by atoms with Crippen molar-refractivity contribution in [2.75, 3.05) is 6.54 Å². The number of furan rings is 1. The van der Waals surface area contributed by atoms with Crippen molar-refractivity contribution in [1.29, 1.82) is 0 Å². The van der Waals surface area contributed by atoms with Gasteiger partial charge in [0.1, 0.15) is 5.76 Å². The molecule has 1 aromatic rings. The molecule has 1 aliphatic carbocycles. The second kappa shape index (κ2) is 6.79. The molecule has 0 spiro atoms. The predicted molar refractivity (Wildman–Crippen MR) is 76.4 cm³/mol. The van der Waals surface area contributed by atoms with Gasteiger partial charge in [-0.05, 0) is 31.2 Å². The zero-order chi connectivity index (χ0) is 14.5. The average Bonchev–Trinajstić information content (AvgIpc) is 2.85. The lowest BCUT2D eigenvalue weighted by atomic mass is 9.93. The molecule has 1 aromatic heterocycles. The van der Waals surface area contributed by atoms with Gasteiger partial charge >= 0.3 is 6.03 Å². The zero-order valence-electron chi connectivity index (χ0n) is 12.2. The monoisotopic (exact) mass is 280 g/mol. The van der Waals surface area contributed by atoms with E-state index >= 15 is 0 Å². The molecule has 20 heavy (non-hydrogen) atoms. The molecule has 0 radical (unpaired) electrons. The highest BCUT2D eigenvalue weighted by atomic mass is 16.3. The molecule has 1 heterocycles. The maximum Gasteiger partial charge on any atom is 0.315 e. The van der Waals surface area contributed by atoms with Crippen LogP contribution in [-0.4, -0.2) is 23.8 Å². The summed E-state index contributed by atoms with van der Waals surface area (Å²) in [6, 6.07) is 1.71. The number of carbonyl (C=O) groups excluding carboxylic acids is 1. The summed E-state index contributed by atoms with van der Waals surface area (Å²) in [4.78, 5) is 11.9. The van der Waals surface area contributed by atoms with Crippen LogP contribution < -0.4 is 10.6 Å². The normalized spacial score (nSPS) is 19.5. The second-order valence-electron chi connectivity index (χ2n) is 5.88. The van der Waals surface area contributed by atoms with Crippen molar-refractivity contribution >= 4 is 6.03 Å². The van der Waals surface area contributed by atoms with Crippen molar-refractivity contribution in [3.05, 3.63) is 23.7 Å². The molecule has 2 unspecified atom stereocenters. The van der Waals surface area contributed by atoms with Crippen LogP contribution >= 0.6 is 0 Å². The summed E-state index contributed by atoms with van der Waals surface area (Å²) in [5, 5.41) is 15.4. The largest absolute Gasteiger partial charge is 0.469 e. The zero-order valence-corrected chi connectivity index (χ0v) is 12.2. The lowest BCUT2D eigenvalue weighted by Gasteiger charge is -2.23. The molecule has 0 saturated heterocycles. The Morgan fingerprint density at radius 2 is 2.35 bits per heavy atom. The van der Waals surface area contributed by atoms with E-state index in [1.807, 2.05) is 19.9 Å². The lowest BCUT2D eigenvalue weighted by Crippen LogP contribution is -2.42. The molecule has 2 rings (SSSR count). The standard InChI is InChI=1S/C15H24N2O3/c1-10(2)8-11(18)9-16-15(19)17-13-4-3-5-14-12(13)6-7-20-14/h6-7,10-11,13,18H,3-5,8-9H2,1-2H3,(H2,16,17,19). The van der Waals surface area contributed by atoms with E-state index in [2.05, 4.69) is 10.6 Å². The highest BCUT2D eigenvalue weighted by Gasteiger charge is 2.24. The molecular formula is C15H24N2O3. The van der Waals surface area contributed by atoms with E-state index in [1.54, 1.807) is 6.26 Å². The van der Waals surface area contributed by atoms with Crippen LogP contribution in [0.2, 0.25) is 0 Å². The quantitative estimate of drug-likeness (QED) is 0.775. The van der Waals surface area contributed by atoms with Crippen LogP contribution in [0.4, 0.5) is 4.79 Å².